The van der Waals surface area contributed by atoms with Gasteiger partial charge in [0.25, 0.3) is 5.91 Å². The second kappa shape index (κ2) is 6.39. The number of halogens is 1. The maximum atomic E-state index is 12.9. The smallest absolute Gasteiger partial charge is 0.270 e. The number of hydrogen-bond acceptors (Lipinski definition) is 4. The molecule has 1 N–H and O–H groups in total. The number of rotatable bonds is 4. The first kappa shape index (κ1) is 14.9. The minimum atomic E-state index is -0.418. The number of nitrogens with zero attached hydrogens (tertiary/aromatic N) is 2. The van der Waals surface area contributed by atoms with Crippen molar-refractivity contribution in [1.29, 1.82) is 0 Å². The van der Waals surface area contributed by atoms with E-state index in [1.54, 1.807) is 49.6 Å². The molecule has 0 radical (unpaired) electrons. The van der Waals surface area contributed by atoms with Crippen LogP contribution >= 0.6 is 0 Å². The van der Waals surface area contributed by atoms with Gasteiger partial charge in [0.05, 0.1) is 6.20 Å². The molecule has 1 unspecified atom stereocenters. The normalized spacial score (nSPS) is 11.9. The van der Waals surface area contributed by atoms with E-state index in [1.165, 1.54) is 12.1 Å². The summed E-state index contributed by atoms with van der Waals surface area (Å²) >= 11 is 0. The van der Waals surface area contributed by atoms with E-state index >= 15 is 0 Å². The third-order valence-electron chi connectivity index (χ3n) is 3.27. The van der Waals surface area contributed by atoms with Crippen LogP contribution in [-0.4, -0.2) is 15.9 Å². The Hall–Kier alpha value is -3.02. The number of nitrogens with one attached hydrogen (secondary N) is 1. The molecule has 23 heavy (non-hydrogen) atoms. The molecule has 0 aliphatic rings. The predicted molar refractivity (Wildman–Crippen MR) is 82.0 cm³/mol. The fraction of sp³-hybridized carbons (Fsp3) is 0.118. The molecule has 0 aliphatic carbocycles. The molecule has 0 aliphatic heterocycles. The quantitative estimate of drug-likeness (QED) is 0.802. The van der Waals surface area contributed by atoms with Gasteiger partial charge >= 0.3 is 0 Å². The Morgan fingerprint density at radius 3 is 2.65 bits per heavy atom. The summed E-state index contributed by atoms with van der Waals surface area (Å²) in [5.74, 6) is 0.261. The zero-order valence-corrected chi connectivity index (χ0v) is 12.4. The molecule has 6 heteroatoms. The SMILES string of the molecule is CC(NC(=O)c1ccccn1)c1ncc(-c2ccc(F)cc2)o1. The number of pyridine rings is 1. The van der Waals surface area contributed by atoms with Crippen LogP contribution in [0.25, 0.3) is 11.3 Å². The van der Waals surface area contributed by atoms with Crippen molar-refractivity contribution in [3.63, 3.8) is 0 Å². The first-order chi connectivity index (χ1) is 11.1. The lowest BCUT2D eigenvalue weighted by atomic mass is 10.2. The predicted octanol–water partition coefficient (Wildman–Crippen LogP) is 3.37. The van der Waals surface area contributed by atoms with Crippen molar-refractivity contribution in [2.45, 2.75) is 13.0 Å². The largest absolute Gasteiger partial charge is 0.438 e. The van der Waals surface area contributed by atoms with Crippen LogP contribution in [0.3, 0.4) is 0 Å². The molecular formula is C17H14FN3O2. The Morgan fingerprint density at radius 1 is 1.17 bits per heavy atom. The van der Waals surface area contributed by atoms with E-state index in [4.69, 9.17) is 4.42 Å². The first-order valence-corrected chi connectivity index (χ1v) is 7.07. The standard InChI is InChI=1S/C17H14FN3O2/c1-11(21-16(22)14-4-2-3-9-19-14)17-20-10-15(23-17)12-5-7-13(18)8-6-12/h2-11H,1H3,(H,21,22). The highest BCUT2D eigenvalue weighted by Gasteiger charge is 2.17. The highest BCUT2D eigenvalue weighted by molar-refractivity contribution is 5.92. The van der Waals surface area contributed by atoms with Crippen LogP contribution in [-0.2, 0) is 0 Å². The number of carbonyl (C=O) groups excluding carboxylic acids is 1. The summed E-state index contributed by atoms with van der Waals surface area (Å²) in [4.78, 5) is 20.2. The van der Waals surface area contributed by atoms with Gasteiger partial charge in [-0.2, -0.15) is 0 Å². The molecule has 5 nitrogen and oxygen atoms in total. The number of benzene rings is 1. The molecule has 1 amide bonds. The van der Waals surface area contributed by atoms with Gasteiger partial charge in [0.1, 0.15) is 17.6 Å². The molecule has 3 rings (SSSR count). The van der Waals surface area contributed by atoms with Crippen LogP contribution in [0, 0.1) is 5.82 Å². The number of oxazole rings is 1. The number of hydrogen-bond donors (Lipinski definition) is 1. The Bertz CT molecular complexity index is 800. The summed E-state index contributed by atoms with van der Waals surface area (Å²) in [5, 5.41) is 2.77. The molecule has 3 aromatic rings. The van der Waals surface area contributed by atoms with Gasteiger partial charge in [-0.1, -0.05) is 6.07 Å². The minimum absolute atomic E-state index is 0.306. The van der Waals surface area contributed by atoms with E-state index in [-0.39, 0.29) is 11.7 Å². The van der Waals surface area contributed by atoms with E-state index in [0.29, 0.717) is 22.9 Å². The summed E-state index contributed by atoms with van der Waals surface area (Å²) in [5.41, 5.74) is 1.04. The third-order valence-corrected chi connectivity index (χ3v) is 3.27. The zero-order chi connectivity index (χ0) is 16.2. The molecule has 0 saturated carbocycles. The van der Waals surface area contributed by atoms with Gasteiger partial charge in [-0.3, -0.25) is 9.78 Å². The van der Waals surface area contributed by atoms with Gasteiger partial charge in [-0.25, -0.2) is 9.37 Å². The molecular weight excluding hydrogens is 297 g/mol. The van der Waals surface area contributed by atoms with Crippen LogP contribution in [0.5, 0.6) is 0 Å². The van der Waals surface area contributed by atoms with E-state index in [9.17, 15) is 9.18 Å². The van der Waals surface area contributed by atoms with E-state index in [0.717, 1.165) is 0 Å². The lowest BCUT2D eigenvalue weighted by Gasteiger charge is -2.09. The Kier molecular flexibility index (Phi) is 4.14. The average Bonchev–Trinajstić information content (AvgIpc) is 3.06. The second-order valence-corrected chi connectivity index (χ2v) is 4.98. The number of amides is 1. The first-order valence-electron chi connectivity index (χ1n) is 7.07. The van der Waals surface area contributed by atoms with Gasteiger partial charge in [0.15, 0.2) is 5.76 Å². The summed E-state index contributed by atoms with van der Waals surface area (Å²) in [7, 11) is 0. The maximum Gasteiger partial charge on any atom is 0.270 e. The average molecular weight is 311 g/mol. The fourth-order valence-corrected chi connectivity index (χ4v) is 2.06. The highest BCUT2D eigenvalue weighted by atomic mass is 19.1. The molecule has 2 heterocycles. The summed E-state index contributed by atoms with van der Waals surface area (Å²) in [6.45, 7) is 1.76. The van der Waals surface area contributed by atoms with E-state index in [2.05, 4.69) is 15.3 Å². The summed E-state index contributed by atoms with van der Waals surface area (Å²) in [6.07, 6.45) is 3.10. The third kappa shape index (κ3) is 3.42. The number of aromatic nitrogens is 2. The molecule has 0 saturated heterocycles. The van der Waals surface area contributed by atoms with Crippen molar-refractivity contribution in [2.24, 2.45) is 0 Å². The fourth-order valence-electron chi connectivity index (χ4n) is 2.06. The number of carbonyl (C=O) groups is 1. The summed E-state index contributed by atoms with van der Waals surface area (Å²) in [6, 6.07) is 10.6. The van der Waals surface area contributed by atoms with Crippen molar-refractivity contribution >= 4 is 5.91 Å². The second-order valence-electron chi connectivity index (χ2n) is 4.98. The molecule has 0 fully saturated rings. The van der Waals surface area contributed by atoms with Gasteiger partial charge < -0.3 is 9.73 Å². The summed E-state index contributed by atoms with van der Waals surface area (Å²) < 4.78 is 18.6. The van der Waals surface area contributed by atoms with Gasteiger partial charge in [-0.15, -0.1) is 0 Å². The van der Waals surface area contributed by atoms with Gasteiger partial charge in [-0.05, 0) is 43.3 Å². The molecule has 116 valence electrons. The van der Waals surface area contributed by atoms with E-state index < -0.39 is 6.04 Å². The van der Waals surface area contributed by atoms with Crippen molar-refractivity contribution in [3.8, 4) is 11.3 Å². The topological polar surface area (TPSA) is 68.0 Å². The minimum Gasteiger partial charge on any atom is -0.438 e. The lowest BCUT2D eigenvalue weighted by Crippen LogP contribution is -2.27. The molecule has 0 spiro atoms. The van der Waals surface area contributed by atoms with Crippen LogP contribution in [0.4, 0.5) is 4.39 Å². The Morgan fingerprint density at radius 2 is 1.96 bits per heavy atom. The lowest BCUT2D eigenvalue weighted by molar-refractivity contribution is 0.0929. The van der Waals surface area contributed by atoms with Crippen molar-refractivity contribution in [3.05, 3.63) is 72.3 Å². The molecule has 2 aromatic heterocycles. The van der Waals surface area contributed by atoms with Crippen molar-refractivity contribution in [1.82, 2.24) is 15.3 Å². The van der Waals surface area contributed by atoms with Crippen LogP contribution in [0.15, 0.2) is 59.3 Å². The molecule has 1 atom stereocenters. The van der Waals surface area contributed by atoms with Crippen LogP contribution in [0.2, 0.25) is 0 Å². The molecule has 0 bridgehead atoms. The Balaban J connectivity index is 1.72. The van der Waals surface area contributed by atoms with Crippen LogP contribution < -0.4 is 5.32 Å². The maximum absolute atomic E-state index is 12.9. The monoisotopic (exact) mass is 311 g/mol. The van der Waals surface area contributed by atoms with Crippen molar-refractivity contribution < 1.29 is 13.6 Å². The van der Waals surface area contributed by atoms with E-state index in [1.807, 2.05) is 0 Å². The van der Waals surface area contributed by atoms with Gasteiger partial charge in [0.2, 0.25) is 5.89 Å². The Labute approximate surface area is 132 Å². The van der Waals surface area contributed by atoms with Gasteiger partial charge in [0, 0.05) is 11.8 Å². The zero-order valence-electron chi connectivity index (χ0n) is 12.4. The molecule has 1 aromatic carbocycles. The highest BCUT2D eigenvalue weighted by Crippen LogP contribution is 2.23. The van der Waals surface area contributed by atoms with Crippen molar-refractivity contribution in [2.75, 3.05) is 0 Å². The van der Waals surface area contributed by atoms with Crippen LogP contribution in [0.1, 0.15) is 29.3 Å².